The van der Waals surface area contributed by atoms with E-state index in [0.717, 1.165) is 16.5 Å². The molecule has 0 amide bonds. The largest absolute Gasteiger partial charge is 0.340 e. The Kier molecular flexibility index (Phi) is 2.53. The summed E-state index contributed by atoms with van der Waals surface area (Å²) in [6.45, 7) is 1.74. The molecular weight excluding hydrogens is 228 g/mol. The van der Waals surface area contributed by atoms with Gasteiger partial charge in [-0.05, 0) is 6.07 Å². The minimum Gasteiger partial charge on any atom is -0.340 e. The fraction of sp³-hybridized carbons (Fsp3) is 0.154. The number of para-hydroxylation sites is 1. The van der Waals surface area contributed by atoms with Crippen LogP contribution in [-0.2, 0) is 0 Å². The lowest BCUT2D eigenvalue weighted by molar-refractivity contribution is 0.385. The van der Waals surface area contributed by atoms with Gasteiger partial charge in [0, 0.05) is 24.1 Å². The zero-order valence-electron chi connectivity index (χ0n) is 9.87. The highest BCUT2D eigenvalue weighted by molar-refractivity contribution is 5.82. The number of hydrogen-bond acceptors (Lipinski definition) is 5. The highest BCUT2D eigenvalue weighted by Gasteiger charge is 2.17. The topological polar surface area (TPSA) is 77.8 Å². The van der Waals surface area contributed by atoms with E-state index in [2.05, 4.69) is 15.1 Å². The minimum atomic E-state index is -0.430. The highest BCUT2D eigenvalue weighted by Crippen LogP contribution is 2.24. The summed E-state index contributed by atoms with van der Waals surface area (Å²) in [5.74, 6) is 0.985. The molecule has 0 radical (unpaired) electrons. The van der Waals surface area contributed by atoms with Crippen molar-refractivity contribution in [1.29, 1.82) is 0 Å². The third-order valence-electron chi connectivity index (χ3n) is 2.82. The fourth-order valence-electron chi connectivity index (χ4n) is 1.96. The van der Waals surface area contributed by atoms with Gasteiger partial charge >= 0.3 is 0 Å². The second kappa shape index (κ2) is 4.19. The normalized spacial score (nSPS) is 12.8. The number of benzene rings is 1. The average Bonchev–Trinajstić information content (AvgIpc) is 2.84. The van der Waals surface area contributed by atoms with E-state index in [1.807, 2.05) is 30.3 Å². The first-order valence-electron chi connectivity index (χ1n) is 5.65. The van der Waals surface area contributed by atoms with E-state index in [9.17, 15) is 0 Å². The van der Waals surface area contributed by atoms with Gasteiger partial charge in [0.05, 0.1) is 11.6 Å². The second-order valence-electron chi connectivity index (χ2n) is 4.07. The summed E-state index contributed by atoms with van der Waals surface area (Å²) < 4.78 is 4.96. The molecule has 0 spiro atoms. The predicted octanol–water partition coefficient (Wildman–Crippen LogP) is 1.97. The standard InChI is InChI=1S/C13H12N4O/c1-8-16-13(17-18-8)11(14)10-6-2-4-9-5-3-7-15-12(9)10/h2-7,11H,14H2,1H3. The molecule has 0 saturated heterocycles. The zero-order chi connectivity index (χ0) is 12.5. The minimum absolute atomic E-state index is 0.430. The van der Waals surface area contributed by atoms with E-state index < -0.39 is 6.04 Å². The van der Waals surface area contributed by atoms with E-state index >= 15 is 0 Å². The molecule has 0 aliphatic rings. The molecule has 0 fully saturated rings. The van der Waals surface area contributed by atoms with E-state index in [1.54, 1.807) is 13.1 Å². The van der Waals surface area contributed by atoms with Crippen LogP contribution in [0.4, 0.5) is 0 Å². The van der Waals surface area contributed by atoms with Crippen LogP contribution >= 0.6 is 0 Å². The zero-order valence-corrected chi connectivity index (χ0v) is 9.87. The Morgan fingerprint density at radius 1 is 1.22 bits per heavy atom. The van der Waals surface area contributed by atoms with Crippen molar-refractivity contribution >= 4 is 10.9 Å². The maximum Gasteiger partial charge on any atom is 0.223 e. The molecule has 90 valence electrons. The van der Waals surface area contributed by atoms with Gasteiger partial charge in [-0.25, -0.2) is 0 Å². The van der Waals surface area contributed by atoms with Crippen molar-refractivity contribution in [3.8, 4) is 0 Å². The van der Waals surface area contributed by atoms with Crippen molar-refractivity contribution in [1.82, 2.24) is 15.1 Å². The Balaban J connectivity index is 2.14. The van der Waals surface area contributed by atoms with Crippen LogP contribution in [0.25, 0.3) is 10.9 Å². The molecule has 1 unspecified atom stereocenters. The summed E-state index contributed by atoms with van der Waals surface area (Å²) in [4.78, 5) is 8.53. The number of hydrogen-bond donors (Lipinski definition) is 1. The van der Waals surface area contributed by atoms with Crippen LogP contribution in [0, 0.1) is 6.92 Å². The summed E-state index contributed by atoms with van der Waals surface area (Å²) in [7, 11) is 0. The molecule has 2 aromatic heterocycles. The fourth-order valence-corrected chi connectivity index (χ4v) is 1.96. The lowest BCUT2D eigenvalue weighted by Gasteiger charge is -2.09. The van der Waals surface area contributed by atoms with Crippen molar-refractivity contribution in [2.75, 3.05) is 0 Å². The van der Waals surface area contributed by atoms with Gasteiger partial charge in [-0.15, -0.1) is 0 Å². The van der Waals surface area contributed by atoms with Gasteiger partial charge in [0.15, 0.2) is 5.82 Å². The van der Waals surface area contributed by atoms with E-state index in [-0.39, 0.29) is 0 Å². The Hall–Kier alpha value is -2.27. The van der Waals surface area contributed by atoms with Crippen LogP contribution < -0.4 is 5.73 Å². The molecule has 0 bridgehead atoms. The SMILES string of the molecule is Cc1nc(C(N)c2cccc3cccnc23)no1. The van der Waals surface area contributed by atoms with Gasteiger partial charge in [0.1, 0.15) is 0 Å². The lowest BCUT2D eigenvalue weighted by atomic mass is 10.0. The van der Waals surface area contributed by atoms with Gasteiger partial charge in [0.2, 0.25) is 5.89 Å². The molecule has 5 nitrogen and oxygen atoms in total. The van der Waals surface area contributed by atoms with Gasteiger partial charge in [-0.2, -0.15) is 4.98 Å². The van der Waals surface area contributed by atoms with Crippen LogP contribution in [0.1, 0.15) is 23.3 Å². The Morgan fingerprint density at radius 3 is 2.83 bits per heavy atom. The van der Waals surface area contributed by atoms with Gasteiger partial charge in [0.25, 0.3) is 0 Å². The van der Waals surface area contributed by atoms with Crippen molar-refractivity contribution in [3.05, 3.63) is 53.8 Å². The third-order valence-corrected chi connectivity index (χ3v) is 2.82. The number of aromatic nitrogens is 3. The third kappa shape index (κ3) is 1.74. The van der Waals surface area contributed by atoms with Crippen molar-refractivity contribution < 1.29 is 4.52 Å². The summed E-state index contributed by atoms with van der Waals surface area (Å²) in [6.07, 6.45) is 1.75. The summed E-state index contributed by atoms with van der Waals surface area (Å²) in [5.41, 5.74) is 7.94. The maximum absolute atomic E-state index is 6.17. The highest BCUT2D eigenvalue weighted by atomic mass is 16.5. The molecule has 3 rings (SSSR count). The molecule has 0 saturated carbocycles. The monoisotopic (exact) mass is 240 g/mol. The first-order valence-corrected chi connectivity index (χ1v) is 5.65. The van der Waals surface area contributed by atoms with Crippen LogP contribution in [0.5, 0.6) is 0 Å². The van der Waals surface area contributed by atoms with E-state index in [0.29, 0.717) is 11.7 Å². The first-order chi connectivity index (χ1) is 8.75. The number of nitrogens with two attached hydrogens (primary N) is 1. The maximum atomic E-state index is 6.17. The number of pyridine rings is 1. The Labute approximate surface area is 104 Å². The smallest absolute Gasteiger partial charge is 0.223 e. The molecule has 18 heavy (non-hydrogen) atoms. The van der Waals surface area contributed by atoms with Crippen LogP contribution in [0.3, 0.4) is 0 Å². The summed E-state index contributed by atoms with van der Waals surface area (Å²) in [6, 6.07) is 9.36. The van der Waals surface area contributed by atoms with Gasteiger partial charge in [-0.1, -0.05) is 29.4 Å². The number of fused-ring (bicyclic) bond motifs is 1. The first kappa shape index (κ1) is 10.9. The molecule has 0 aliphatic heterocycles. The Morgan fingerprint density at radius 2 is 2.06 bits per heavy atom. The molecule has 3 aromatic rings. The number of nitrogens with zero attached hydrogens (tertiary/aromatic N) is 3. The summed E-state index contributed by atoms with van der Waals surface area (Å²) >= 11 is 0. The molecule has 0 aliphatic carbocycles. The number of aryl methyl sites for hydroxylation is 1. The predicted molar refractivity (Wildman–Crippen MR) is 66.8 cm³/mol. The van der Waals surface area contributed by atoms with Crippen LogP contribution in [0.2, 0.25) is 0 Å². The molecular formula is C13H12N4O. The van der Waals surface area contributed by atoms with Gasteiger partial charge < -0.3 is 10.3 Å². The van der Waals surface area contributed by atoms with Crippen molar-refractivity contribution in [2.45, 2.75) is 13.0 Å². The molecule has 5 heteroatoms. The Bertz CT molecular complexity index is 687. The van der Waals surface area contributed by atoms with Crippen LogP contribution in [-0.4, -0.2) is 15.1 Å². The van der Waals surface area contributed by atoms with Gasteiger partial charge in [-0.3, -0.25) is 4.98 Å². The molecule has 2 heterocycles. The quantitative estimate of drug-likeness (QED) is 0.741. The molecule has 1 aromatic carbocycles. The van der Waals surface area contributed by atoms with Crippen LogP contribution in [0.15, 0.2) is 41.1 Å². The van der Waals surface area contributed by atoms with E-state index in [1.165, 1.54) is 0 Å². The molecule has 2 N–H and O–H groups in total. The van der Waals surface area contributed by atoms with Crippen molar-refractivity contribution in [3.63, 3.8) is 0 Å². The van der Waals surface area contributed by atoms with E-state index in [4.69, 9.17) is 10.3 Å². The van der Waals surface area contributed by atoms with Crippen molar-refractivity contribution in [2.24, 2.45) is 5.73 Å². The lowest BCUT2D eigenvalue weighted by Crippen LogP contribution is -2.14. The molecule has 1 atom stereocenters. The summed E-state index contributed by atoms with van der Waals surface area (Å²) in [5, 5.41) is 4.91. The average molecular weight is 240 g/mol. The number of rotatable bonds is 2. The second-order valence-corrected chi connectivity index (χ2v) is 4.07.